The summed E-state index contributed by atoms with van der Waals surface area (Å²) in [5.41, 5.74) is 2.31. The normalized spacial score (nSPS) is 22.1. The number of nitrogens with zero attached hydrogens (tertiary/aromatic N) is 3. The van der Waals surface area contributed by atoms with Gasteiger partial charge in [-0.15, -0.1) is 0 Å². The van der Waals surface area contributed by atoms with Crippen LogP contribution < -0.4 is 0 Å². The molecule has 3 fully saturated rings. The first-order valence-corrected chi connectivity index (χ1v) is 9.83. The topological polar surface area (TPSA) is 59.7 Å². The molecule has 1 aromatic carbocycles. The summed E-state index contributed by atoms with van der Waals surface area (Å²) in [5.74, 6) is 0.610. The minimum atomic E-state index is 0.0555. The number of aromatic nitrogens is 1. The van der Waals surface area contributed by atoms with Crippen molar-refractivity contribution in [2.45, 2.75) is 31.7 Å². The van der Waals surface area contributed by atoms with Crippen molar-refractivity contribution in [3.8, 4) is 0 Å². The molecule has 1 N–H and O–H groups in total. The summed E-state index contributed by atoms with van der Waals surface area (Å²) in [7, 11) is 3.58. The highest BCUT2D eigenvalue weighted by molar-refractivity contribution is 5.84. The van der Waals surface area contributed by atoms with Crippen LogP contribution in [0.15, 0.2) is 30.5 Å². The summed E-state index contributed by atoms with van der Waals surface area (Å²) in [5, 5.41) is 1.20. The zero-order valence-corrected chi connectivity index (χ0v) is 16.1. The van der Waals surface area contributed by atoms with Gasteiger partial charge in [0.1, 0.15) is 0 Å². The van der Waals surface area contributed by atoms with Crippen molar-refractivity contribution in [1.82, 2.24) is 19.7 Å². The third kappa shape index (κ3) is 3.53. The molecule has 3 saturated heterocycles. The van der Waals surface area contributed by atoms with Crippen LogP contribution in [0.5, 0.6) is 0 Å². The maximum absolute atomic E-state index is 13.0. The molecule has 27 heavy (non-hydrogen) atoms. The van der Waals surface area contributed by atoms with Crippen molar-refractivity contribution in [2.75, 3.05) is 33.7 Å². The van der Waals surface area contributed by atoms with E-state index in [1.165, 1.54) is 10.9 Å². The van der Waals surface area contributed by atoms with Gasteiger partial charge in [0, 0.05) is 63.3 Å². The number of aromatic amines is 1. The molecule has 3 aliphatic heterocycles. The standard InChI is InChI=1S/C21H28N4O2/c1-23(2)21(27)24-12-15-7-9-17(14-24)25(13-15)20(26)10-8-16-11-22-19-6-4-3-5-18(16)19/h3-6,11,15,17,22H,7-10,12-14H2,1-2H3/t15-,17+/m0/s1. The largest absolute Gasteiger partial charge is 0.361 e. The lowest BCUT2D eigenvalue weighted by Crippen LogP contribution is -2.48. The fourth-order valence-electron chi connectivity index (χ4n) is 4.55. The Morgan fingerprint density at radius 2 is 1.96 bits per heavy atom. The summed E-state index contributed by atoms with van der Waals surface area (Å²) in [6.45, 7) is 2.21. The van der Waals surface area contributed by atoms with Crippen molar-refractivity contribution >= 4 is 22.8 Å². The van der Waals surface area contributed by atoms with Gasteiger partial charge in [0.2, 0.25) is 5.91 Å². The van der Waals surface area contributed by atoms with E-state index in [9.17, 15) is 9.59 Å². The van der Waals surface area contributed by atoms with Crippen LogP contribution in [0, 0.1) is 5.92 Å². The van der Waals surface area contributed by atoms with Gasteiger partial charge in [0.25, 0.3) is 0 Å². The monoisotopic (exact) mass is 368 g/mol. The van der Waals surface area contributed by atoms with Crippen LogP contribution in [0.2, 0.25) is 0 Å². The molecule has 0 aliphatic carbocycles. The Morgan fingerprint density at radius 1 is 1.15 bits per heavy atom. The molecule has 3 amide bonds. The van der Waals surface area contributed by atoms with E-state index < -0.39 is 0 Å². The summed E-state index contributed by atoms with van der Waals surface area (Å²) in [4.78, 5) is 34.3. The van der Waals surface area contributed by atoms with E-state index in [-0.39, 0.29) is 18.0 Å². The molecular weight excluding hydrogens is 340 g/mol. The van der Waals surface area contributed by atoms with E-state index >= 15 is 0 Å². The second-order valence-corrected chi connectivity index (χ2v) is 8.08. The number of para-hydroxylation sites is 1. The van der Waals surface area contributed by atoms with Crippen molar-refractivity contribution in [3.63, 3.8) is 0 Å². The molecule has 6 heteroatoms. The summed E-state index contributed by atoms with van der Waals surface area (Å²) < 4.78 is 0. The van der Waals surface area contributed by atoms with Crippen molar-refractivity contribution < 1.29 is 9.59 Å². The average molecular weight is 368 g/mol. The Labute approximate surface area is 160 Å². The van der Waals surface area contributed by atoms with Crippen LogP contribution in [0.1, 0.15) is 24.8 Å². The van der Waals surface area contributed by atoms with Crippen LogP contribution in [-0.4, -0.2) is 71.4 Å². The Bertz CT molecular complexity index is 844. The molecule has 5 rings (SSSR count). The second kappa shape index (κ2) is 7.25. The lowest BCUT2D eigenvalue weighted by molar-refractivity contribution is -0.135. The predicted molar refractivity (Wildman–Crippen MR) is 106 cm³/mol. The molecule has 1 aromatic heterocycles. The van der Waals surface area contributed by atoms with E-state index in [4.69, 9.17) is 0 Å². The van der Waals surface area contributed by atoms with Crippen LogP contribution in [0.4, 0.5) is 4.79 Å². The first kappa shape index (κ1) is 17.9. The van der Waals surface area contributed by atoms with Crippen molar-refractivity contribution in [3.05, 3.63) is 36.0 Å². The van der Waals surface area contributed by atoms with Crippen LogP contribution >= 0.6 is 0 Å². The zero-order valence-electron chi connectivity index (χ0n) is 16.1. The lowest BCUT2D eigenvalue weighted by atomic mass is 9.94. The SMILES string of the molecule is CN(C)C(=O)N1C[C@@H]2CC[C@H](C1)N(C(=O)CCc1c[nH]c3ccccc13)C2. The molecule has 4 heterocycles. The number of aryl methyl sites for hydroxylation is 1. The Balaban J connectivity index is 1.42. The Kier molecular flexibility index (Phi) is 4.81. The van der Waals surface area contributed by atoms with E-state index in [1.54, 1.807) is 19.0 Å². The smallest absolute Gasteiger partial charge is 0.319 e. The average Bonchev–Trinajstić information content (AvgIpc) is 2.85. The molecule has 6 nitrogen and oxygen atoms in total. The first-order valence-electron chi connectivity index (χ1n) is 9.83. The van der Waals surface area contributed by atoms with Crippen LogP contribution in [0.3, 0.4) is 0 Å². The quantitative estimate of drug-likeness (QED) is 0.906. The molecule has 0 unspecified atom stereocenters. The van der Waals surface area contributed by atoms with E-state index in [2.05, 4.69) is 17.1 Å². The number of carbonyl (C=O) groups is 2. The van der Waals surface area contributed by atoms with Gasteiger partial charge in [-0.2, -0.15) is 0 Å². The maximum Gasteiger partial charge on any atom is 0.319 e. The number of fused-ring (bicyclic) bond motifs is 5. The second-order valence-electron chi connectivity index (χ2n) is 8.08. The number of hydrogen-bond donors (Lipinski definition) is 1. The highest BCUT2D eigenvalue weighted by atomic mass is 16.2. The number of nitrogens with one attached hydrogen (secondary N) is 1. The van der Waals surface area contributed by atoms with Gasteiger partial charge in [-0.25, -0.2) is 4.79 Å². The number of hydrogen-bond acceptors (Lipinski definition) is 2. The maximum atomic E-state index is 13.0. The van der Waals surface area contributed by atoms with Gasteiger partial charge >= 0.3 is 6.03 Å². The Morgan fingerprint density at radius 3 is 2.78 bits per heavy atom. The Hall–Kier alpha value is -2.50. The predicted octanol–water partition coefficient (Wildman–Crippen LogP) is 2.70. The van der Waals surface area contributed by atoms with Crippen molar-refractivity contribution in [1.29, 1.82) is 0 Å². The number of H-pyrrole nitrogens is 1. The third-order valence-corrected chi connectivity index (χ3v) is 5.97. The van der Waals surface area contributed by atoms with E-state index in [0.717, 1.165) is 37.9 Å². The minimum absolute atomic E-state index is 0.0555. The van der Waals surface area contributed by atoms with Gasteiger partial charge < -0.3 is 19.7 Å². The van der Waals surface area contributed by atoms with Gasteiger partial charge in [0.05, 0.1) is 0 Å². The number of amides is 3. The molecule has 0 radical (unpaired) electrons. The molecule has 2 atom stereocenters. The zero-order chi connectivity index (χ0) is 19.0. The molecule has 3 aliphatic rings. The molecule has 2 bridgehead atoms. The highest BCUT2D eigenvalue weighted by Crippen LogP contribution is 2.29. The van der Waals surface area contributed by atoms with Crippen LogP contribution in [-0.2, 0) is 11.2 Å². The van der Waals surface area contributed by atoms with Crippen molar-refractivity contribution in [2.24, 2.45) is 5.92 Å². The van der Waals surface area contributed by atoms with Gasteiger partial charge in [-0.3, -0.25) is 4.79 Å². The van der Waals surface area contributed by atoms with E-state index in [0.29, 0.717) is 18.9 Å². The van der Waals surface area contributed by atoms with Crippen LogP contribution in [0.25, 0.3) is 10.9 Å². The fraction of sp³-hybridized carbons (Fsp3) is 0.524. The number of carbonyl (C=O) groups excluding carboxylic acids is 2. The summed E-state index contributed by atoms with van der Waals surface area (Å²) in [6.07, 6.45) is 5.39. The molecule has 0 spiro atoms. The van der Waals surface area contributed by atoms with Gasteiger partial charge in [-0.1, -0.05) is 18.2 Å². The van der Waals surface area contributed by atoms with E-state index in [1.807, 2.05) is 28.1 Å². The lowest BCUT2D eigenvalue weighted by Gasteiger charge is -2.36. The highest BCUT2D eigenvalue weighted by Gasteiger charge is 2.38. The molecular formula is C21H28N4O2. The third-order valence-electron chi connectivity index (χ3n) is 5.97. The van der Waals surface area contributed by atoms with Gasteiger partial charge in [-0.05, 0) is 36.8 Å². The number of rotatable bonds is 3. The molecule has 144 valence electrons. The number of urea groups is 1. The van der Waals surface area contributed by atoms with Gasteiger partial charge in [0.15, 0.2) is 0 Å². The molecule has 2 aromatic rings. The fourth-order valence-corrected chi connectivity index (χ4v) is 4.55. The summed E-state index contributed by atoms with van der Waals surface area (Å²) in [6, 6.07) is 8.42. The summed E-state index contributed by atoms with van der Waals surface area (Å²) >= 11 is 0. The number of benzene rings is 1. The first-order chi connectivity index (χ1) is 13.0. The molecule has 0 saturated carbocycles. The minimum Gasteiger partial charge on any atom is -0.361 e. The number of piperidine rings is 1.